The molecule has 0 unspecified atom stereocenters. The lowest BCUT2D eigenvalue weighted by Crippen LogP contribution is -2.61. The van der Waals surface area contributed by atoms with Crippen LogP contribution in [-0.2, 0) is 16.1 Å². The van der Waals surface area contributed by atoms with Crippen LogP contribution in [-0.4, -0.2) is 55.2 Å². The molecule has 1 saturated heterocycles. The largest absolute Gasteiger partial charge is 0.459 e. The van der Waals surface area contributed by atoms with Crippen LogP contribution in [0.4, 0.5) is 0 Å². The molecule has 1 aliphatic heterocycles. The molecule has 3 heterocycles. The fraction of sp³-hybridized carbons (Fsp3) is 0.500. The molecule has 0 N–H and O–H groups in total. The first-order valence-electron chi connectivity index (χ1n) is 11.8. The Bertz CT molecular complexity index is 1270. The maximum Gasteiger partial charge on any atom is 0.328 e. The molecule has 1 spiro atoms. The lowest BCUT2D eigenvalue weighted by molar-refractivity contribution is -0.155. The van der Waals surface area contributed by atoms with Crippen molar-refractivity contribution in [2.24, 2.45) is 5.41 Å². The maximum atomic E-state index is 13.5. The first-order valence-corrected chi connectivity index (χ1v) is 11.8. The summed E-state index contributed by atoms with van der Waals surface area (Å²) in [7, 11) is 0. The summed E-state index contributed by atoms with van der Waals surface area (Å²) in [5.74, 6) is 0.233. The van der Waals surface area contributed by atoms with Crippen molar-refractivity contribution in [3.05, 3.63) is 41.6 Å². The molecule has 1 aliphatic carbocycles. The van der Waals surface area contributed by atoms with Gasteiger partial charge in [0.2, 0.25) is 0 Å². The number of aromatic nitrogens is 4. The van der Waals surface area contributed by atoms with Crippen LogP contribution < -0.4 is 0 Å². The smallest absolute Gasteiger partial charge is 0.328 e. The third kappa shape index (κ3) is 4.06. The molecule has 5 rings (SSSR count). The average molecular weight is 462 g/mol. The highest BCUT2D eigenvalue weighted by Gasteiger charge is 2.49. The zero-order valence-corrected chi connectivity index (χ0v) is 20.5. The highest BCUT2D eigenvalue weighted by molar-refractivity contribution is 6.07. The summed E-state index contributed by atoms with van der Waals surface area (Å²) in [6.07, 6.45) is 7.20. The predicted octanol–water partition coefficient (Wildman–Crippen LogP) is 4.08. The van der Waals surface area contributed by atoms with Crippen LogP contribution in [0.25, 0.3) is 22.0 Å². The van der Waals surface area contributed by atoms with Crippen LogP contribution in [0.2, 0.25) is 0 Å². The van der Waals surface area contributed by atoms with Crippen molar-refractivity contribution >= 4 is 22.8 Å². The standard InChI is InChI=1S/C26H31N5O3/c1-16-9-18(19-11-27-17(2)28-12-19)10-20-22(24(33)30-14-26(15-30)7-6-8-26)29-31(23(16)20)13-21(32)34-25(3,4)5/h9-12H,6-8,13-15H2,1-5H3. The number of aryl methyl sites for hydroxylation is 2. The number of likely N-dealkylation sites (tertiary alicyclic amines) is 1. The van der Waals surface area contributed by atoms with Gasteiger partial charge in [0.05, 0.1) is 5.52 Å². The van der Waals surface area contributed by atoms with Gasteiger partial charge >= 0.3 is 5.97 Å². The first kappa shape index (κ1) is 22.5. The van der Waals surface area contributed by atoms with Crippen molar-refractivity contribution in [1.29, 1.82) is 0 Å². The van der Waals surface area contributed by atoms with E-state index in [1.807, 2.05) is 51.7 Å². The minimum absolute atomic E-state index is 0.0567. The molecule has 8 heteroatoms. The molecule has 2 aliphatic rings. The minimum Gasteiger partial charge on any atom is -0.459 e. The van der Waals surface area contributed by atoms with E-state index in [0.717, 1.165) is 40.7 Å². The molecule has 3 aromatic rings. The van der Waals surface area contributed by atoms with Gasteiger partial charge < -0.3 is 9.64 Å². The second-order valence-electron chi connectivity index (χ2n) is 10.8. The van der Waals surface area contributed by atoms with Gasteiger partial charge in [0.25, 0.3) is 5.91 Å². The predicted molar refractivity (Wildman–Crippen MR) is 128 cm³/mol. The van der Waals surface area contributed by atoms with Gasteiger partial charge in [-0.15, -0.1) is 0 Å². The maximum absolute atomic E-state index is 13.5. The fourth-order valence-electron chi connectivity index (χ4n) is 5.05. The van der Waals surface area contributed by atoms with Gasteiger partial charge in [-0.2, -0.15) is 5.10 Å². The van der Waals surface area contributed by atoms with E-state index in [9.17, 15) is 9.59 Å². The fourth-order valence-corrected chi connectivity index (χ4v) is 5.05. The van der Waals surface area contributed by atoms with Gasteiger partial charge in [-0.3, -0.25) is 14.3 Å². The molecule has 34 heavy (non-hydrogen) atoms. The monoisotopic (exact) mass is 461 g/mol. The summed E-state index contributed by atoms with van der Waals surface area (Å²) in [5, 5.41) is 5.39. The van der Waals surface area contributed by atoms with E-state index in [-0.39, 0.29) is 18.4 Å². The lowest BCUT2D eigenvalue weighted by atomic mass is 9.63. The molecule has 2 aromatic heterocycles. The van der Waals surface area contributed by atoms with Crippen LogP contribution in [0.5, 0.6) is 0 Å². The van der Waals surface area contributed by atoms with E-state index in [4.69, 9.17) is 4.74 Å². The van der Waals surface area contributed by atoms with E-state index in [2.05, 4.69) is 15.1 Å². The third-order valence-corrected chi connectivity index (χ3v) is 6.80. The molecular weight excluding hydrogens is 430 g/mol. The van der Waals surface area contributed by atoms with Gasteiger partial charge in [-0.05, 0) is 70.7 Å². The van der Waals surface area contributed by atoms with E-state index >= 15 is 0 Å². The van der Waals surface area contributed by atoms with Gasteiger partial charge in [0, 0.05) is 41.8 Å². The molecule has 0 bridgehead atoms. The van der Waals surface area contributed by atoms with Crippen molar-refractivity contribution < 1.29 is 14.3 Å². The number of rotatable bonds is 4. The summed E-state index contributed by atoms with van der Waals surface area (Å²) < 4.78 is 7.13. The molecule has 0 radical (unpaired) electrons. The van der Waals surface area contributed by atoms with Crippen LogP contribution in [0, 0.1) is 19.3 Å². The average Bonchev–Trinajstić information content (AvgIpc) is 3.03. The summed E-state index contributed by atoms with van der Waals surface area (Å²) >= 11 is 0. The topological polar surface area (TPSA) is 90.2 Å². The zero-order chi connectivity index (χ0) is 24.3. The van der Waals surface area contributed by atoms with Crippen molar-refractivity contribution in [3.63, 3.8) is 0 Å². The number of ether oxygens (including phenoxy) is 1. The Morgan fingerprint density at radius 2 is 1.74 bits per heavy atom. The van der Waals surface area contributed by atoms with Gasteiger partial charge in [0.15, 0.2) is 5.69 Å². The number of hydrogen-bond donors (Lipinski definition) is 0. The highest BCUT2D eigenvalue weighted by Crippen LogP contribution is 2.48. The molecule has 178 valence electrons. The van der Waals surface area contributed by atoms with Crippen LogP contribution >= 0.6 is 0 Å². The Labute approximate surface area is 199 Å². The quantitative estimate of drug-likeness (QED) is 0.544. The van der Waals surface area contributed by atoms with Gasteiger partial charge in [0.1, 0.15) is 18.0 Å². The molecule has 1 aromatic carbocycles. The number of fused-ring (bicyclic) bond motifs is 1. The normalized spacial score (nSPS) is 16.9. The molecule has 8 nitrogen and oxygen atoms in total. The SMILES string of the molecule is Cc1ncc(-c2cc(C)c3c(c2)c(C(=O)N2CC4(CCC4)C2)nn3CC(=O)OC(C)(C)C)cn1. The second kappa shape index (κ2) is 7.89. The number of amides is 1. The van der Waals surface area contributed by atoms with E-state index in [1.54, 1.807) is 17.1 Å². The summed E-state index contributed by atoms with van der Waals surface area (Å²) in [6, 6.07) is 3.98. The highest BCUT2D eigenvalue weighted by atomic mass is 16.6. The van der Waals surface area contributed by atoms with Crippen LogP contribution in [0.3, 0.4) is 0 Å². The Balaban J connectivity index is 1.56. The summed E-state index contributed by atoms with van der Waals surface area (Å²) in [6.45, 7) is 10.8. The Hall–Kier alpha value is -3.29. The van der Waals surface area contributed by atoms with Crippen molar-refractivity contribution in [2.45, 2.75) is 66.0 Å². The number of esters is 1. The van der Waals surface area contributed by atoms with E-state index < -0.39 is 5.60 Å². The van der Waals surface area contributed by atoms with Crippen LogP contribution in [0.1, 0.15) is 61.9 Å². The van der Waals surface area contributed by atoms with Gasteiger partial charge in [-0.1, -0.05) is 6.42 Å². The summed E-state index contributed by atoms with van der Waals surface area (Å²) in [4.78, 5) is 36.6. The number of hydrogen-bond acceptors (Lipinski definition) is 6. The minimum atomic E-state index is -0.596. The van der Waals surface area contributed by atoms with Crippen molar-refractivity contribution in [3.8, 4) is 11.1 Å². The Kier molecular flexibility index (Phi) is 5.22. The Morgan fingerprint density at radius 3 is 2.32 bits per heavy atom. The van der Waals surface area contributed by atoms with Crippen molar-refractivity contribution in [1.82, 2.24) is 24.6 Å². The van der Waals surface area contributed by atoms with Gasteiger partial charge in [-0.25, -0.2) is 9.97 Å². The van der Waals surface area contributed by atoms with E-state index in [1.165, 1.54) is 19.3 Å². The number of benzene rings is 1. The number of nitrogens with zero attached hydrogens (tertiary/aromatic N) is 5. The molecular formula is C26H31N5O3. The number of carbonyl (C=O) groups excluding carboxylic acids is 2. The third-order valence-electron chi connectivity index (χ3n) is 6.80. The molecule has 1 saturated carbocycles. The molecule has 1 amide bonds. The first-order chi connectivity index (χ1) is 16.0. The summed E-state index contributed by atoms with van der Waals surface area (Å²) in [5.41, 5.74) is 3.57. The Morgan fingerprint density at radius 1 is 1.06 bits per heavy atom. The molecule has 2 fully saturated rings. The molecule has 0 atom stereocenters. The number of carbonyl (C=O) groups is 2. The second-order valence-corrected chi connectivity index (χ2v) is 10.8. The zero-order valence-electron chi connectivity index (χ0n) is 20.5. The van der Waals surface area contributed by atoms with E-state index in [0.29, 0.717) is 16.9 Å². The van der Waals surface area contributed by atoms with Crippen molar-refractivity contribution in [2.75, 3.05) is 13.1 Å². The van der Waals surface area contributed by atoms with Crippen LogP contribution in [0.15, 0.2) is 24.5 Å². The lowest BCUT2D eigenvalue weighted by Gasteiger charge is -2.55.